The van der Waals surface area contributed by atoms with Crippen molar-refractivity contribution in [1.29, 1.82) is 0 Å². The summed E-state index contributed by atoms with van der Waals surface area (Å²) >= 11 is 0. The van der Waals surface area contributed by atoms with Crippen LogP contribution in [0.1, 0.15) is 31.2 Å². The molecule has 2 N–H and O–H groups in total. The van der Waals surface area contributed by atoms with Crippen LogP contribution in [0.5, 0.6) is 5.75 Å². The van der Waals surface area contributed by atoms with Crippen molar-refractivity contribution in [3.8, 4) is 5.75 Å². The Morgan fingerprint density at radius 3 is 2.84 bits per heavy atom. The number of benzene rings is 1. The van der Waals surface area contributed by atoms with Crippen LogP contribution in [-0.4, -0.2) is 22.3 Å². The molecule has 0 fully saturated rings. The van der Waals surface area contributed by atoms with Gasteiger partial charge >= 0.3 is 0 Å². The van der Waals surface area contributed by atoms with Crippen LogP contribution in [0.4, 0.5) is 10.3 Å². The van der Waals surface area contributed by atoms with Gasteiger partial charge < -0.3 is 10.1 Å². The van der Waals surface area contributed by atoms with Gasteiger partial charge in [-0.3, -0.25) is 5.10 Å². The average molecular weight is 264 g/mol. The van der Waals surface area contributed by atoms with Crippen molar-refractivity contribution >= 4 is 5.95 Å². The molecular formula is C13H17FN4O. The highest BCUT2D eigenvalue weighted by atomic mass is 19.1. The van der Waals surface area contributed by atoms with Gasteiger partial charge in [-0.2, -0.15) is 4.98 Å². The standard InChI is InChI=1S/C13H17FN4O/c1-8(2)12-16-13(18-17-12)15-7-9-6-10(14)4-5-11(9)19-3/h4-6,8H,7H2,1-3H3,(H2,15,16,17,18). The number of ether oxygens (including phenoxy) is 1. The molecule has 0 aliphatic carbocycles. The molecule has 6 heteroatoms. The van der Waals surface area contributed by atoms with Crippen LogP contribution in [-0.2, 0) is 6.54 Å². The third-order valence-corrected chi connectivity index (χ3v) is 2.73. The summed E-state index contributed by atoms with van der Waals surface area (Å²) in [6, 6.07) is 4.40. The van der Waals surface area contributed by atoms with E-state index in [1.54, 1.807) is 13.2 Å². The lowest BCUT2D eigenvalue weighted by atomic mass is 10.2. The number of anilines is 1. The molecule has 0 atom stereocenters. The Morgan fingerprint density at radius 2 is 2.21 bits per heavy atom. The molecule has 0 saturated carbocycles. The molecule has 1 heterocycles. The molecular weight excluding hydrogens is 247 g/mol. The molecule has 0 aliphatic heterocycles. The maximum atomic E-state index is 13.2. The molecule has 2 aromatic rings. The maximum Gasteiger partial charge on any atom is 0.242 e. The minimum atomic E-state index is -0.296. The fourth-order valence-corrected chi connectivity index (χ4v) is 1.67. The highest BCUT2D eigenvalue weighted by molar-refractivity contribution is 5.37. The summed E-state index contributed by atoms with van der Waals surface area (Å²) in [5.74, 6) is 1.93. The summed E-state index contributed by atoms with van der Waals surface area (Å²) < 4.78 is 18.4. The van der Waals surface area contributed by atoms with E-state index in [-0.39, 0.29) is 11.7 Å². The van der Waals surface area contributed by atoms with Gasteiger partial charge in [-0.15, -0.1) is 5.10 Å². The number of aromatic amines is 1. The number of methoxy groups -OCH3 is 1. The number of H-pyrrole nitrogens is 1. The molecule has 102 valence electrons. The molecule has 5 nitrogen and oxygen atoms in total. The summed E-state index contributed by atoms with van der Waals surface area (Å²) in [5.41, 5.74) is 0.721. The van der Waals surface area contributed by atoms with E-state index in [2.05, 4.69) is 20.5 Å². The first-order chi connectivity index (χ1) is 9.10. The average Bonchev–Trinajstić information content (AvgIpc) is 2.85. The van der Waals surface area contributed by atoms with Gasteiger partial charge in [0.2, 0.25) is 5.95 Å². The SMILES string of the molecule is COc1ccc(F)cc1CNc1n[nH]c(C(C)C)n1. The minimum absolute atomic E-state index is 0.284. The smallest absolute Gasteiger partial charge is 0.242 e. The van der Waals surface area contributed by atoms with Gasteiger partial charge in [-0.25, -0.2) is 4.39 Å². The fraction of sp³-hybridized carbons (Fsp3) is 0.385. The largest absolute Gasteiger partial charge is 0.496 e. The first-order valence-electron chi connectivity index (χ1n) is 6.08. The predicted octanol–water partition coefficient (Wildman–Crippen LogP) is 2.69. The molecule has 0 bridgehead atoms. The molecule has 1 aromatic heterocycles. The predicted molar refractivity (Wildman–Crippen MR) is 70.8 cm³/mol. The number of hydrogen-bond acceptors (Lipinski definition) is 4. The van der Waals surface area contributed by atoms with Crippen molar-refractivity contribution in [2.75, 3.05) is 12.4 Å². The van der Waals surface area contributed by atoms with E-state index in [4.69, 9.17) is 4.74 Å². The maximum absolute atomic E-state index is 13.2. The monoisotopic (exact) mass is 264 g/mol. The number of aromatic nitrogens is 3. The Morgan fingerprint density at radius 1 is 1.42 bits per heavy atom. The Kier molecular flexibility index (Phi) is 3.99. The highest BCUT2D eigenvalue weighted by Crippen LogP contribution is 2.20. The summed E-state index contributed by atoms with van der Waals surface area (Å²) in [7, 11) is 1.56. The van der Waals surface area contributed by atoms with Gasteiger partial charge in [0.05, 0.1) is 7.11 Å². The van der Waals surface area contributed by atoms with Crippen LogP contribution in [0, 0.1) is 5.82 Å². The molecule has 1 aromatic carbocycles. The third-order valence-electron chi connectivity index (χ3n) is 2.73. The van der Waals surface area contributed by atoms with Crippen LogP contribution in [0.2, 0.25) is 0 Å². The molecule has 0 spiro atoms. The van der Waals surface area contributed by atoms with E-state index in [0.717, 1.165) is 11.4 Å². The molecule has 2 rings (SSSR count). The topological polar surface area (TPSA) is 62.8 Å². The second-order valence-electron chi connectivity index (χ2n) is 4.51. The minimum Gasteiger partial charge on any atom is -0.496 e. The fourth-order valence-electron chi connectivity index (χ4n) is 1.67. The van der Waals surface area contributed by atoms with Crippen molar-refractivity contribution in [1.82, 2.24) is 15.2 Å². The summed E-state index contributed by atoms with van der Waals surface area (Å²) in [4.78, 5) is 4.29. The zero-order valence-electron chi connectivity index (χ0n) is 11.2. The number of nitrogens with zero attached hydrogens (tertiary/aromatic N) is 2. The number of halogens is 1. The van der Waals surface area contributed by atoms with E-state index >= 15 is 0 Å². The van der Waals surface area contributed by atoms with E-state index in [1.807, 2.05) is 13.8 Å². The molecule has 0 saturated heterocycles. The number of nitrogens with one attached hydrogen (secondary N) is 2. The summed E-state index contributed by atoms with van der Waals surface area (Å²) in [5, 5.41) is 9.94. The zero-order chi connectivity index (χ0) is 13.8. The van der Waals surface area contributed by atoms with Gasteiger partial charge in [0.15, 0.2) is 0 Å². The molecule has 0 radical (unpaired) electrons. The van der Waals surface area contributed by atoms with Crippen molar-refractivity contribution in [2.45, 2.75) is 26.3 Å². The van der Waals surface area contributed by atoms with Crippen LogP contribution in [0.25, 0.3) is 0 Å². The van der Waals surface area contributed by atoms with Crippen LogP contribution in [0.3, 0.4) is 0 Å². The highest BCUT2D eigenvalue weighted by Gasteiger charge is 2.08. The van der Waals surface area contributed by atoms with Gasteiger partial charge in [-0.1, -0.05) is 13.8 Å². The summed E-state index contributed by atoms with van der Waals surface area (Å²) in [6.07, 6.45) is 0. The normalized spacial score (nSPS) is 10.8. The van der Waals surface area contributed by atoms with Crippen LogP contribution in [0.15, 0.2) is 18.2 Å². The summed E-state index contributed by atoms with van der Waals surface area (Å²) in [6.45, 7) is 4.45. The van der Waals surface area contributed by atoms with Gasteiger partial charge in [-0.05, 0) is 18.2 Å². The zero-order valence-corrected chi connectivity index (χ0v) is 11.2. The lowest BCUT2D eigenvalue weighted by molar-refractivity contribution is 0.409. The van der Waals surface area contributed by atoms with Crippen molar-refractivity contribution < 1.29 is 9.13 Å². The van der Waals surface area contributed by atoms with Gasteiger partial charge in [0.1, 0.15) is 17.4 Å². The van der Waals surface area contributed by atoms with Crippen molar-refractivity contribution in [3.05, 3.63) is 35.4 Å². The third kappa shape index (κ3) is 3.21. The number of hydrogen-bond donors (Lipinski definition) is 2. The molecule has 19 heavy (non-hydrogen) atoms. The first-order valence-corrected chi connectivity index (χ1v) is 6.08. The Labute approximate surface area is 111 Å². The van der Waals surface area contributed by atoms with E-state index < -0.39 is 0 Å². The quantitative estimate of drug-likeness (QED) is 0.871. The van der Waals surface area contributed by atoms with E-state index in [1.165, 1.54) is 12.1 Å². The molecule has 0 unspecified atom stereocenters. The lowest BCUT2D eigenvalue weighted by Gasteiger charge is -2.08. The molecule has 0 amide bonds. The Bertz CT molecular complexity index is 553. The van der Waals surface area contributed by atoms with Crippen molar-refractivity contribution in [2.24, 2.45) is 0 Å². The Balaban J connectivity index is 2.07. The second-order valence-corrected chi connectivity index (χ2v) is 4.51. The second kappa shape index (κ2) is 5.69. The lowest BCUT2D eigenvalue weighted by Crippen LogP contribution is -2.03. The van der Waals surface area contributed by atoms with E-state index in [9.17, 15) is 4.39 Å². The van der Waals surface area contributed by atoms with Crippen molar-refractivity contribution in [3.63, 3.8) is 0 Å². The van der Waals surface area contributed by atoms with E-state index in [0.29, 0.717) is 18.2 Å². The van der Waals surface area contributed by atoms with Crippen LogP contribution < -0.4 is 10.1 Å². The molecule has 0 aliphatic rings. The van der Waals surface area contributed by atoms with Gasteiger partial charge in [0, 0.05) is 18.0 Å². The van der Waals surface area contributed by atoms with Gasteiger partial charge in [0.25, 0.3) is 0 Å². The number of rotatable bonds is 5. The Hall–Kier alpha value is -2.11. The van der Waals surface area contributed by atoms with Crippen LogP contribution >= 0.6 is 0 Å². The first kappa shape index (κ1) is 13.3.